The number of hydrogen-bond acceptors (Lipinski definition) is 6. The number of carbonyl (C=O) groups is 2. The first-order valence-corrected chi connectivity index (χ1v) is 13.1. The van der Waals surface area contributed by atoms with Crippen LogP contribution in [-0.4, -0.2) is 40.0 Å². The first kappa shape index (κ1) is 27.8. The van der Waals surface area contributed by atoms with Crippen LogP contribution >= 0.6 is 0 Å². The van der Waals surface area contributed by atoms with Crippen molar-refractivity contribution in [3.8, 4) is 17.2 Å². The van der Waals surface area contributed by atoms with E-state index in [1.54, 1.807) is 43.3 Å². The normalized spacial score (nSPS) is 16.7. The van der Waals surface area contributed by atoms with E-state index in [1.807, 2.05) is 45.9 Å². The highest BCUT2D eigenvalue weighted by Crippen LogP contribution is 2.43. The number of Topliss-reactive ketones (excluding diaryl/α,β-unsaturated/α-hetero) is 1. The second kappa shape index (κ2) is 11.6. The fraction of sp³-hybridized carbons (Fsp3) is 0.312. The van der Waals surface area contributed by atoms with Gasteiger partial charge in [-0.05, 0) is 67.6 Å². The Morgan fingerprint density at radius 2 is 1.77 bits per heavy atom. The summed E-state index contributed by atoms with van der Waals surface area (Å²) in [6, 6.07) is 16.6. The molecule has 0 saturated carbocycles. The number of ketones is 1. The van der Waals surface area contributed by atoms with E-state index in [1.165, 1.54) is 11.0 Å². The largest absolute Gasteiger partial charge is 0.507 e. The molecule has 4 rings (SSSR count). The Labute approximate surface area is 229 Å². The van der Waals surface area contributed by atoms with Crippen molar-refractivity contribution in [3.05, 3.63) is 94.1 Å². The fourth-order valence-electron chi connectivity index (χ4n) is 4.67. The van der Waals surface area contributed by atoms with Crippen molar-refractivity contribution in [1.82, 2.24) is 4.90 Å². The maximum atomic E-state index is 13.5. The first-order valence-electron chi connectivity index (χ1n) is 13.1. The zero-order valence-electron chi connectivity index (χ0n) is 23.0. The minimum absolute atomic E-state index is 0.0283. The first-order chi connectivity index (χ1) is 18.6. The molecule has 1 unspecified atom stereocenters. The van der Waals surface area contributed by atoms with Crippen LogP contribution in [0, 0.1) is 19.8 Å². The van der Waals surface area contributed by atoms with Crippen LogP contribution in [0.5, 0.6) is 17.2 Å². The van der Waals surface area contributed by atoms with Crippen molar-refractivity contribution in [2.24, 2.45) is 5.92 Å². The van der Waals surface area contributed by atoms with Crippen molar-refractivity contribution in [2.45, 2.75) is 47.2 Å². The summed E-state index contributed by atoms with van der Waals surface area (Å²) >= 11 is 0. The number of carbonyl (C=O) groups excluding carboxylic acids is 2. The van der Waals surface area contributed by atoms with Crippen molar-refractivity contribution in [1.29, 1.82) is 0 Å². The van der Waals surface area contributed by atoms with Gasteiger partial charge in [-0.2, -0.15) is 0 Å². The van der Waals surface area contributed by atoms with Gasteiger partial charge in [0.25, 0.3) is 11.7 Å². The lowest BCUT2D eigenvalue weighted by atomic mass is 9.94. The van der Waals surface area contributed by atoms with Crippen molar-refractivity contribution in [2.75, 3.05) is 13.2 Å². The number of aliphatic hydroxyl groups is 1. The molecule has 39 heavy (non-hydrogen) atoms. The molecule has 1 aliphatic heterocycles. The number of aryl methyl sites for hydroxylation is 2. The minimum Gasteiger partial charge on any atom is -0.507 e. The summed E-state index contributed by atoms with van der Waals surface area (Å²) in [6.07, 6.45) is 0. The Kier molecular flexibility index (Phi) is 8.29. The van der Waals surface area contributed by atoms with Gasteiger partial charge in [0.1, 0.15) is 11.5 Å². The molecule has 204 valence electrons. The number of ether oxygens (including phenoxy) is 2. The third kappa shape index (κ3) is 5.93. The lowest BCUT2D eigenvalue weighted by molar-refractivity contribution is -0.140. The summed E-state index contributed by atoms with van der Waals surface area (Å²) in [5.41, 5.74) is 3.79. The predicted molar refractivity (Wildman–Crippen MR) is 150 cm³/mol. The molecule has 7 nitrogen and oxygen atoms in total. The maximum Gasteiger partial charge on any atom is 0.295 e. The summed E-state index contributed by atoms with van der Waals surface area (Å²) < 4.78 is 11.4. The molecule has 0 spiro atoms. The molecule has 2 N–H and O–H groups in total. The number of benzene rings is 3. The molecule has 1 saturated heterocycles. The number of amides is 1. The number of aromatic hydroxyl groups is 1. The van der Waals surface area contributed by atoms with Gasteiger partial charge >= 0.3 is 0 Å². The fourth-order valence-corrected chi connectivity index (χ4v) is 4.67. The average Bonchev–Trinajstić information content (AvgIpc) is 3.15. The Morgan fingerprint density at radius 3 is 2.49 bits per heavy atom. The van der Waals surface area contributed by atoms with Crippen molar-refractivity contribution < 1.29 is 29.3 Å². The second-order valence-electron chi connectivity index (χ2n) is 10.2. The van der Waals surface area contributed by atoms with Gasteiger partial charge in [0.15, 0.2) is 11.5 Å². The summed E-state index contributed by atoms with van der Waals surface area (Å²) in [5.74, 6) is -0.728. The van der Waals surface area contributed by atoms with Gasteiger partial charge in [-0.15, -0.1) is 0 Å². The van der Waals surface area contributed by atoms with Crippen LogP contribution in [-0.2, 0) is 16.1 Å². The molecule has 0 bridgehead atoms. The standard InChI is InChI=1S/C32H35NO6/c1-6-38-27-16-22(12-13-26(27)34)29-28(30(35)23-8-7-9-25(15-23)39-18-19(2)3)31(36)32(37)33(29)17-24-14-20(4)10-11-21(24)5/h7-16,19,29,34-35H,6,17-18H2,1-5H3/b30-28-. The van der Waals surface area contributed by atoms with Gasteiger partial charge < -0.3 is 24.6 Å². The number of likely N-dealkylation sites (tertiary alicyclic amines) is 1. The van der Waals surface area contributed by atoms with Crippen LogP contribution in [0.1, 0.15) is 54.6 Å². The van der Waals surface area contributed by atoms with Gasteiger partial charge in [-0.1, -0.05) is 55.8 Å². The molecule has 1 aliphatic rings. The molecule has 1 heterocycles. The molecular formula is C32H35NO6. The summed E-state index contributed by atoms with van der Waals surface area (Å²) in [4.78, 5) is 28.5. The SMILES string of the molecule is CCOc1cc(C2/C(=C(/O)c3cccc(OCC(C)C)c3)C(=O)C(=O)N2Cc2cc(C)ccc2C)ccc1O. The lowest BCUT2D eigenvalue weighted by Gasteiger charge is -2.26. The van der Waals surface area contributed by atoms with Crippen LogP contribution in [0.25, 0.3) is 5.76 Å². The molecule has 3 aromatic carbocycles. The molecule has 3 aromatic rings. The van der Waals surface area contributed by atoms with Gasteiger partial charge in [-0.3, -0.25) is 9.59 Å². The zero-order valence-corrected chi connectivity index (χ0v) is 23.0. The maximum absolute atomic E-state index is 13.5. The summed E-state index contributed by atoms with van der Waals surface area (Å²) in [5, 5.41) is 21.8. The highest BCUT2D eigenvalue weighted by Gasteiger charge is 2.46. The number of nitrogens with zero attached hydrogens (tertiary/aromatic N) is 1. The molecule has 1 amide bonds. The summed E-state index contributed by atoms with van der Waals surface area (Å²) in [6.45, 7) is 10.8. The van der Waals surface area contributed by atoms with Gasteiger partial charge in [0.05, 0.1) is 24.8 Å². The summed E-state index contributed by atoms with van der Waals surface area (Å²) in [7, 11) is 0. The van der Waals surface area contributed by atoms with Crippen LogP contribution in [0.3, 0.4) is 0 Å². The Hall–Kier alpha value is -4.26. The smallest absolute Gasteiger partial charge is 0.295 e. The average molecular weight is 530 g/mol. The van der Waals surface area contributed by atoms with Crippen molar-refractivity contribution in [3.63, 3.8) is 0 Å². The van der Waals surface area contributed by atoms with Crippen LogP contribution in [0.4, 0.5) is 0 Å². The van der Waals surface area contributed by atoms with E-state index in [4.69, 9.17) is 9.47 Å². The van der Waals surface area contributed by atoms with E-state index in [2.05, 4.69) is 0 Å². The van der Waals surface area contributed by atoms with Gasteiger partial charge in [-0.25, -0.2) is 0 Å². The molecule has 0 aromatic heterocycles. The lowest BCUT2D eigenvalue weighted by Crippen LogP contribution is -2.29. The van der Waals surface area contributed by atoms with E-state index < -0.39 is 17.7 Å². The molecule has 1 atom stereocenters. The number of phenols is 1. The third-order valence-corrected chi connectivity index (χ3v) is 6.68. The molecule has 1 fully saturated rings. The van der Waals surface area contributed by atoms with Crippen LogP contribution in [0.2, 0.25) is 0 Å². The van der Waals surface area contributed by atoms with Gasteiger partial charge in [0, 0.05) is 12.1 Å². The molecule has 0 radical (unpaired) electrons. The van der Waals surface area contributed by atoms with Crippen molar-refractivity contribution >= 4 is 17.4 Å². The number of aliphatic hydroxyl groups excluding tert-OH is 1. The number of rotatable bonds is 9. The molecule has 7 heteroatoms. The second-order valence-corrected chi connectivity index (χ2v) is 10.2. The number of phenolic OH excluding ortho intramolecular Hbond substituents is 1. The topological polar surface area (TPSA) is 96.3 Å². The monoisotopic (exact) mass is 529 g/mol. The van der Waals surface area contributed by atoms with Gasteiger partial charge in [0.2, 0.25) is 0 Å². The third-order valence-electron chi connectivity index (χ3n) is 6.68. The minimum atomic E-state index is -0.898. The quantitative estimate of drug-likeness (QED) is 0.199. The van der Waals surface area contributed by atoms with E-state index in [-0.39, 0.29) is 29.4 Å². The Morgan fingerprint density at radius 1 is 1.00 bits per heavy atom. The zero-order chi connectivity index (χ0) is 28.3. The van der Waals surface area contributed by atoms with Crippen LogP contribution in [0.15, 0.2) is 66.2 Å². The molecular weight excluding hydrogens is 494 g/mol. The Bertz CT molecular complexity index is 1420. The highest BCUT2D eigenvalue weighted by atomic mass is 16.5. The van der Waals surface area contributed by atoms with E-state index in [9.17, 15) is 19.8 Å². The van der Waals surface area contributed by atoms with E-state index in [0.717, 1.165) is 16.7 Å². The van der Waals surface area contributed by atoms with E-state index >= 15 is 0 Å². The highest BCUT2D eigenvalue weighted by molar-refractivity contribution is 6.46. The van der Waals surface area contributed by atoms with Crippen LogP contribution < -0.4 is 9.47 Å². The predicted octanol–water partition coefficient (Wildman–Crippen LogP) is 6.06. The Balaban J connectivity index is 1.86. The number of hydrogen-bond donors (Lipinski definition) is 2. The van der Waals surface area contributed by atoms with E-state index in [0.29, 0.717) is 36.0 Å². The molecule has 0 aliphatic carbocycles.